The topological polar surface area (TPSA) is 151 Å². The van der Waals surface area contributed by atoms with Gasteiger partial charge < -0.3 is 19.3 Å². The second kappa shape index (κ2) is 11.3. The minimum Gasteiger partial charge on any atom is -0.488 e. The number of aromatic nitrogens is 2. The summed E-state index contributed by atoms with van der Waals surface area (Å²) in [5.74, 6) is -0.590. The largest absolute Gasteiger partial charge is 0.488 e. The Morgan fingerprint density at radius 2 is 2.03 bits per heavy atom. The zero-order valence-electron chi connectivity index (χ0n) is 21.9. The maximum Gasteiger partial charge on any atom is 0.271 e. The number of rotatable bonds is 9. The maximum absolute atomic E-state index is 13.6. The molecule has 4 rings (SSSR count). The molecule has 12 nitrogen and oxygen atoms in total. The van der Waals surface area contributed by atoms with Gasteiger partial charge in [0.25, 0.3) is 26.0 Å². The van der Waals surface area contributed by atoms with Crippen LogP contribution in [0, 0.1) is 5.92 Å². The molecule has 39 heavy (non-hydrogen) atoms. The van der Waals surface area contributed by atoms with E-state index < -0.39 is 38.1 Å². The number of carbonyl (C=O) groups is 1. The van der Waals surface area contributed by atoms with Crippen LogP contribution in [0.5, 0.6) is 5.75 Å². The molecule has 0 bridgehead atoms. The Bertz CT molecular complexity index is 1540. The van der Waals surface area contributed by atoms with Crippen LogP contribution in [0.15, 0.2) is 57.5 Å². The molecule has 15 heteroatoms. The minimum absolute atomic E-state index is 0.0399. The number of hydrogen-bond donors (Lipinski definition) is 2. The predicted molar refractivity (Wildman–Crippen MR) is 146 cm³/mol. The zero-order valence-corrected chi connectivity index (χ0v) is 24.3. The van der Waals surface area contributed by atoms with E-state index in [0.29, 0.717) is 0 Å². The van der Waals surface area contributed by atoms with Crippen LogP contribution < -0.4 is 9.46 Å². The van der Waals surface area contributed by atoms with Crippen molar-refractivity contribution >= 4 is 43.0 Å². The second-order valence-corrected chi connectivity index (χ2v) is 14.4. The molecule has 0 saturated heterocycles. The molecule has 2 N–H and O–H groups in total. The highest BCUT2D eigenvalue weighted by atomic mass is 32.2. The number of carbonyl (C=O) groups excluding carboxylic acids is 1. The van der Waals surface area contributed by atoms with E-state index in [2.05, 4.69) is 9.71 Å². The molecule has 0 aliphatic carbocycles. The molecule has 3 atom stereocenters. The van der Waals surface area contributed by atoms with Gasteiger partial charge in [0.05, 0.1) is 31.1 Å². The van der Waals surface area contributed by atoms with Gasteiger partial charge in [-0.15, -0.1) is 11.3 Å². The molecule has 1 amide bonds. The van der Waals surface area contributed by atoms with E-state index in [1.807, 2.05) is 6.92 Å². The number of aliphatic hydroxyl groups excluding tert-OH is 1. The SMILES string of the molecule is C[C@@H]1CN([C@H](C)CO)C(=O)c2cc(NS(=O)(=O)c3cccs3)ccc2O[C@H]1CN(C)S(=O)(=O)c1cn(C)cn1. The molecule has 3 aromatic rings. The van der Waals surface area contributed by atoms with Crippen LogP contribution in [0.1, 0.15) is 24.2 Å². The number of nitrogens with one attached hydrogen (secondary N) is 1. The molecule has 3 heterocycles. The fourth-order valence-corrected chi connectivity index (χ4v) is 7.34. The molecule has 1 aliphatic heterocycles. The van der Waals surface area contributed by atoms with Crippen LogP contribution in [-0.4, -0.2) is 85.5 Å². The summed E-state index contributed by atoms with van der Waals surface area (Å²) < 4.78 is 63.2. The third-order valence-corrected chi connectivity index (χ3v) is 11.0. The van der Waals surface area contributed by atoms with Crippen LogP contribution in [0.3, 0.4) is 0 Å². The van der Waals surface area contributed by atoms with Crippen molar-refractivity contribution in [3.63, 3.8) is 0 Å². The molecule has 0 unspecified atom stereocenters. The highest BCUT2D eigenvalue weighted by Gasteiger charge is 2.36. The number of benzene rings is 1. The van der Waals surface area contributed by atoms with Gasteiger partial charge in [-0.25, -0.2) is 21.8 Å². The summed E-state index contributed by atoms with van der Waals surface area (Å²) in [6, 6.07) is 6.90. The first-order chi connectivity index (χ1) is 18.3. The Balaban J connectivity index is 1.68. The fourth-order valence-electron chi connectivity index (χ4n) is 4.16. The van der Waals surface area contributed by atoms with Gasteiger partial charge in [0.15, 0.2) is 5.03 Å². The van der Waals surface area contributed by atoms with Crippen LogP contribution in [0.4, 0.5) is 5.69 Å². The number of anilines is 1. The third kappa shape index (κ3) is 6.11. The normalized spacial score (nSPS) is 19.2. The maximum atomic E-state index is 13.6. The van der Waals surface area contributed by atoms with E-state index in [9.17, 15) is 26.7 Å². The van der Waals surface area contributed by atoms with Crippen molar-refractivity contribution < 1.29 is 31.5 Å². The number of aliphatic hydroxyl groups is 1. The van der Waals surface area contributed by atoms with Gasteiger partial charge in [-0.2, -0.15) is 4.31 Å². The summed E-state index contributed by atoms with van der Waals surface area (Å²) in [6.07, 6.45) is 2.13. The van der Waals surface area contributed by atoms with E-state index in [1.165, 1.54) is 53.3 Å². The molecule has 0 fully saturated rings. The summed E-state index contributed by atoms with van der Waals surface area (Å²) in [5.41, 5.74) is 0.254. The molecular weight excluding hydrogens is 566 g/mol. The van der Waals surface area contributed by atoms with E-state index >= 15 is 0 Å². The Hall–Kier alpha value is -2.98. The lowest BCUT2D eigenvalue weighted by Crippen LogP contribution is -2.50. The van der Waals surface area contributed by atoms with Crippen molar-refractivity contribution in [3.05, 3.63) is 53.8 Å². The number of fused-ring (bicyclic) bond motifs is 1. The van der Waals surface area contributed by atoms with Gasteiger partial charge in [0.2, 0.25) is 0 Å². The molecule has 2 aromatic heterocycles. The minimum atomic E-state index is -3.91. The molecule has 1 aromatic carbocycles. The Kier molecular flexibility index (Phi) is 8.37. The number of sulfonamides is 2. The van der Waals surface area contributed by atoms with Crippen LogP contribution in [0.25, 0.3) is 0 Å². The van der Waals surface area contributed by atoms with Gasteiger partial charge in [0.1, 0.15) is 16.1 Å². The lowest BCUT2D eigenvalue weighted by atomic mass is 9.99. The molecule has 0 spiro atoms. The zero-order chi connectivity index (χ0) is 28.5. The summed E-state index contributed by atoms with van der Waals surface area (Å²) in [4.78, 5) is 19.1. The van der Waals surface area contributed by atoms with Gasteiger partial charge in [0, 0.05) is 38.4 Å². The van der Waals surface area contributed by atoms with Crippen molar-refractivity contribution in [3.8, 4) is 5.75 Å². The monoisotopic (exact) mass is 597 g/mol. The molecular formula is C24H31N5O7S3. The van der Waals surface area contributed by atoms with Crippen molar-refractivity contribution in [1.82, 2.24) is 18.8 Å². The van der Waals surface area contributed by atoms with Crippen molar-refractivity contribution in [2.24, 2.45) is 13.0 Å². The number of hydrogen-bond acceptors (Lipinski definition) is 9. The van der Waals surface area contributed by atoms with E-state index in [4.69, 9.17) is 4.74 Å². The molecule has 0 radical (unpaired) electrons. The van der Waals surface area contributed by atoms with Crippen LogP contribution >= 0.6 is 11.3 Å². The second-order valence-electron chi connectivity index (χ2n) is 9.53. The summed E-state index contributed by atoms with van der Waals surface area (Å²) in [7, 11) is -4.66. The molecule has 1 aliphatic rings. The van der Waals surface area contributed by atoms with Crippen molar-refractivity contribution in [2.75, 3.05) is 31.5 Å². The lowest BCUT2D eigenvalue weighted by molar-refractivity contribution is 0.0387. The van der Waals surface area contributed by atoms with Gasteiger partial charge in [-0.05, 0) is 36.6 Å². The van der Waals surface area contributed by atoms with Gasteiger partial charge >= 0.3 is 0 Å². The summed E-state index contributed by atoms with van der Waals surface area (Å²) in [5, 5.41) is 11.4. The Labute approximate surface area is 231 Å². The third-order valence-electron chi connectivity index (χ3n) is 6.47. The number of imidazole rings is 1. The van der Waals surface area contributed by atoms with E-state index in [0.717, 1.165) is 15.6 Å². The summed E-state index contributed by atoms with van der Waals surface area (Å²) >= 11 is 1.06. The van der Waals surface area contributed by atoms with Crippen LogP contribution in [0.2, 0.25) is 0 Å². The number of amides is 1. The number of aryl methyl sites for hydroxylation is 1. The average molecular weight is 598 g/mol. The first-order valence-corrected chi connectivity index (χ1v) is 15.9. The first-order valence-electron chi connectivity index (χ1n) is 12.1. The Morgan fingerprint density at radius 1 is 1.28 bits per heavy atom. The predicted octanol–water partition coefficient (Wildman–Crippen LogP) is 1.82. The number of thiophene rings is 1. The smallest absolute Gasteiger partial charge is 0.271 e. The Morgan fingerprint density at radius 3 is 2.64 bits per heavy atom. The number of likely N-dealkylation sites (N-methyl/N-ethyl adjacent to an activating group) is 1. The highest BCUT2D eigenvalue weighted by molar-refractivity contribution is 7.94. The standard InChI is InChI=1S/C24H31N5O7S3/c1-16-11-29(17(2)14-30)24(31)19-10-18(26-38(32,33)23-6-5-9-37-23)7-8-20(19)36-21(16)12-28(4)39(34,35)22-13-27(3)15-25-22/h5-10,13,15-17,21,26,30H,11-12,14H2,1-4H3/t16-,17-,21+/m1/s1. The van der Waals surface area contributed by atoms with Gasteiger partial charge in [-0.1, -0.05) is 13.0 Å². The van der Waals surface area contributed by atoms with Crippen molar-refractivity contribution in [2.45, 2.75) is 35.2 Å². The molecule has 0 saturated carbocycles. The average Bonchev–Trinajstić information content (AvgIpc) is 3.59. The van der Waals surface area contributed by atoms with Crippen LogP contribution in [-0.2, 0) is 27.1 Å². The highest BCUT2D eigenvalue weighted by Crippen LogP contribution is 2.32. The molecule has 212 valence electrons. The van der Waals surface area contributed by atoms with E-state index in [-0.39, 0.29) is 51.8 Å². The quantitative estimate of drug-likeness (QED) is 0.379. The number of ether oxygens (including phenoxy) is 1. The fraction of sp³-hybridized carbons (Fsp3) is 0.417. The lowest BCUT2D eigenvalue weighted by Gasteiger charge is -2.38. The first kappa shape index (κ1) is 29.0. The number of nitrogens with zero attached hydrogens (tertiary/aromatic N) is 4. The van der Waals surface area contributed by atoms with Gasteiger partial charge in [-0.3, -0.25) is 9.52 Å². The summed E-state index contributed by atoms with van der Waals surface area (Å²) in [6.45, 7) is 3.38. The van der Waals surface area contributed by atoms with Crippen molar-refractivity contribution in [1.29, 1.82) is 0 Å². The van der Waals surface area contributed by atoms with E-state index in [1.54, 1.807) is 25.4 Å².